The highest BCUT2D eigenvalue weighted by Gasteiger charge is 2.33. The predicted molar refractivity (Wildman–Crippen MR) is 51.7 cm³/mol. The van der Waals surface area contributed by atoms with Crippen molar-refractivity contribution in [2.75, 3.05) is 0 Å². The summed E-state index contributed by atoms with van der Waals surface area (Å²) in [5, 5.41) is -0.566. The molecule has 0 bridgehead atoms. The molecule has 0 unspecified atom stereocenters. The smallest absolute Gasteiger partial charge is 0.236 e. The summed E-state index contributed by atoms with van der Waals surface area (Å²) in [6, 6.07) is 3.67. The average Bonchev–Trinajstić information content (AvgIpc) is 2.16. The zero-order valence-corrected chi connectivity index (χ0v) is 8.40. The molecule has 0 radical (unpaired) electrons. The standard InChI is InChI=1S/C10H4ClF4N/c11-9-4-7(10(13,14)15)6-3-5(12)1-2-8(6)16-9/h1-4H. The minimum atomic E-state index is -4.58. The first-order valence-corrected chi connectivity index (χ1v) is 4.59. The van der Waals surface area contributed by atoms with E-state index in [-0.39, 0.29) is 16.1 Å². The van der Waals surface area contributed by atoms with Crippen LogP contribution < -0.4 is 0 Å². The molecule has 84 valence electrons. The van der Waals surface area contributed by atoms with Gasteiger partial charge in [-0.3, -0.25) is 0 Å². The van der Waals surface area contributed by atoms with Crippen molar-refractivity contribution in [3.8, 4) is 0 Å². The van der Waals surface area contributed by atoms with Gasteiger partial charge in [-0.15, -0.1) is 0 Å². The lowest BCUT2D eigenvalue weighted by atomic mass is 10.1. The van der Waals surface area contributed by atoms with Gasteiger partial charge >= 0.3 is 6.18 Å². The van der Waals surface area contributed by atoms with Gasteiger partial charge in [-0.1, -0.05) is 11.6 Å². The quantitative estimate of drug-likeness (QED) is 0.507. The lowest BCUT2D eigenvalue weighted by molar-refractivity contribution is -0.136. The number of nitrogens with zero attached hydrogens (tertiary/aromatic N) is 1. The molecule has 0 aliphatic carbocycles. The summed E-state index contributed by atoms with van der Waals surface area (Å²) in [5.74, 6) is -0.748. The summed E-state index contributed by atoms with van der Waals surface area (Å²) in [4.78, 5) is 3.69. The molecule has 1 aromatic carbocycles. The van der Waals surface area contributed by atoms with Crippen LogP contribution in [0.4, 0.5) is 17.6 Å². The first-order valence-electron chi connectivity index (χ1n) is 4.21. The number of halogens is 5. The first kappa shape index (κ1) is 11.1. The van der Waals surface area contributed by atoms with E-state index in [9.17, 15) is 17.6 Å². The Morgan fingerprint density at radius 1 is 1.12 bits per heavy atom. The zero-order chi connectivity index (χ0) is 11.9. The van der Waals surface area contributed by atoms with Gasteiger partial charge in [0.05, 0.1) is 11.1 Å². The van der Waals surface area contributed by atoms with Gasteiger partial charge in [-0.05, 0) is 24.3 Å². The number of fused-ring (bicyclic) bond motifs is 1. The number of benzene rings is 1. The molecule has 2 rings (SSSR count). The van der Waals surface area contributed by atoms with Crippen molar-refractivity contribution in [2.45, 2.75) is 6.18 Å². The molecule has 1 nitrogen and oxygen atoms in total. The fraction of sp³-hybridized carbons (Fsp3) is 0.100. The largest absolute Gasteiger partial charge is 0.417 e. The molecule has 0 N–H and O–H groups in total. The van der Waals surface area contributed by atoms with Crippen LogP contribution in [0, 0.1) is 5.82 Å². The number of pyridine rings is 1. The molecule has 0 saturated heterocycles. The zero-order valence-electron chi connectivity index (χ0n) is 7.65. The van der Waals surface area contributed by atoms with Crippen molar-refractivity contribution in [1.82, 2.24) is 4.98 Å². The second kappa shape index (κ2) is 3.59. The molecule has 0 amide bonds. The monoisotopic (exact) mass is 249 g/mol. The van der Waals surface area contributed by atoms with Crippen molar-refractivity contribution in [3.05, 3.63) is 40.8 Å². The van der Waals surface area contributed by atoms with Gasteiger partial charge in [0.1, 0.15) is 11.0 Å². The topological polar surface area (TPSA) is 12.9 Å². The van der Waals surface area contributed by atoms with Crippen LogP contribution >= 0.6 is 11.6 Å². The Kier molecular flexibility index (Phi) is 2.50. The normalized spacial score (nSPS) is 12.1. The molecule has 1 aromatic heterocycles. The summed E-state index contributed by atoms with van der Waals surface area (Å²) >= 11 is 5.46. The van der Waals surface area contributed by atoms with Crippen molar-refractivity contribution in [2.24, 2.45) is 0 Å². The molecule has 1 heterocycles. The summed E-state index contributed by atoms with van der Waals surface area (Å²) in [6.45, 7) is 0. The molecule has 0 aliphatic rings. The Balaban J connectivity index is 2.85. The van der Waals surface area contributed by atoms with E-state index >= 15 is 0 Å². The summed E-state index contributed by atoms with van der Waals surface area (Å²) in [6.07, 6.45) is -4.58. The minimum absolute atomic E-state index is 0.0150. The van der Waals surface area contributed by atoms with Crippen LogP contribution in [0.1, 0.15) is 5.56 Å². The van der Waals surface area contributed by atoms with Crippen molar-refractivity contribution < 1.29 is 17.6 Å². The second-order valence-electron chi connectivity index (χ2n) is 3.15. The number of rotatable bonds is 0. The number of aromatic nitrogens is 1. The van der Waals surface area contributed by atoms with Gasteiger partial charge in [0, 0.05) is 5.39 Å². The van der Waals surface area contributed by atoms with Crippen molar-refractivity contribution in [3.63, 3.8) is 0 Å². The minimum Gasteiger partial charge on any atom is -0.236 e. The van der Waals surface area contributed by atoms with E-state index in [2.05, 4.69) is 4.98 Å². The SMILES string of the molecule is Fc1ccc2nc(Cl)cc(C(F)(F)F)c2c1. The first-order chi connectivity index (χ1) is 7.38. The number of hydrogen-bond acceptors (Lipinski definition) is 1. The lowest BCUT2D eigenvalue weighted by Crippen LogP contribution is -2.06. The molecule has 2 aromatic rings. The Morgan fingerprint density at radius 3 is 2.44 bits per heavy atom. The highest BCUT2D eigenvalue weighted by atomic mass is 35.5. The number of hydrogen-bond donors (Lipinski definition) is 0. The molecular weight excluding hydrogens is 246 g/mol. The molecule has 16 heavy (non-hydrogen) atoms. The summed E-state index contributed by atoms with van der Waals surface area (Å²) < 4.78 is 50.7. The fourth-order valence-electron chi connectivity index (χ4n) is 1.40. The molecule has 0 saturated carbocycles. The van der Waals surface area contributed by atoms with Crippen molar-refractivity contribution in [1.29, 1.82) is 0 Å². The van der Waals surface area contributed by atoms with Crippen LogP contribution in [0.3, 0.4) is 0 Å². The van der Waals surface area contributed by atoms with E-state index < -0.39 is 17.6 Å². The van der Waals surface area contributed by atoms with Gasteiger partial charge in [0.2, 0.25) is 0 Å². The van der Waals surface area contributed by atoms with Crippen LogP contribution in [0.5, 0.6) is 0 Å². The van der Waals surface area contributed by atoms with E-state index in [0.29, 0.717) is 6.07 Å². The molecule has 0 atom stereocenters. The van der Waals surface area contributed by atoms with E-state index in [1.165, 1.54) is 0 Å². The number of alkyl halides is 3. The van der Waals surface area contributed by atoms with Crippen LogP contribution in [0.2, 0.25) is 5.15 Å². The third kappa shape index (κ3) is 1.95. The molecule has 0 fully saturated rings. The highest BCUT2D eigenvalue weighted by molar-refractivity contribution is 6.29. The van der Waals surface area contributed by atoms with Gasteiger partial charge < -0.3 is 0 Å². The van der Waals surface area contributed by atoms with Crippen LogP contribution in [0.25, 0.3) is 10.9 Å². The van der Waals surface area contributed by atoms with Gasteiger partial charge in [-0.2, -0.15) is 13.2 Å². The van der Waals surface area contributed by atoms with Crippen molar-refractivity contribution >= 4 is 22.5 Å². The van der Waals surface area contributed by atoms with Crippen LogP contribution in [0.15, 0.2) is 24.3 Å². The summed E-state index contributed by atoms with van der Waals surface area (Å²) in [7, 11) is 0. The van der Waals surface area contributed by atoms with E-state index in [0.717, 1.165) is 18.2 Å². The van der Waals surface area contributed by atoms with Gasteiger partial charge in [0.15, 0.2) is 0 Å². The maximum atomic E-state index is 12.9. The van der Waals surface area contributed by atoms with Crippen LogP contribution in [-0.2, 0) is 6.18 Å². The Bertz CT molecular complexity index is 550. The third-order valence-electron chi connectivity index (χ3n) is 2.04. The van der Waals surface area contributed by atoms with E-state index in [1.807, 2.05) is 0 Å². The second-order valence-corrected chi connectivity index (χ2v) is 3.54. The maximum absolute atomic E-state index is 12.9. The summed E-state index contributed by atoms with van der Waals surface area (Å²) in [5.41, 5.74) is -0.969. The predicted octanol–water partition coefficient (Wildman–Crippen LogP) is 4.05. The fourth-order valence-corrected chi connectivity index (χ4v) is 1.60. The molecule has 0 aliphatic heterocycles. The van der Waals surface area contributed by atoms with E-state index in [4.69, 9.17) is 11.6 Å². The van der Waals surface area contributed by atoms with Gasteiger partial charge in [-0.25, -0.2) is 9.37 Å². The molecule has 0 spiro atoms. The third-order valence-corrected chi connectivity index (χ3v) is 2.24. The van der Waals surface area contributed by atoms with Crippen LogP contribution in [-0.4, -0.2) is 4.98 Å². The Hall–Kier alpha value is -1.36. The lowest BCUT2D eigenvalue weighted by Gasteiger charge is -2.10. The molecule has 6 heteroatoms. The molecular formula is C10H4ClF4N. The van der Waals surface area contributed by atoms with E-state index in [1.54, 1.807) is 0 Å². The average molecular weight is 250 g/mol. The van der Waals surface area contributed by atoms with Gasteiger partial charge in [0.25, 0.3) is 0 Å². The maximum Gasteiger partial charge on any atom is 0.417 e. The Labute approximate surface area is 92.7 Å². The Morgan fingerprint density at radius 2 is 1.81 bits per heavy atom. The highest BCUT2D eigenvalue weighted by Crippen LogP contribution is 2.35.